The van der Waals surface area contributed by atoms with Crippen LogP contribution in [0.5, 0.6) is 0 Å². The molecule has 23 heavy (non-hydrogen) atoms. The minimum Gasteiger partial charge on any atom is -0.299 e. The summed E-state index contributed by atoms with van der Waals surface area (Å²) in [6.45, 7) is 26.5. The van der Waals surface area contributed by atoms with Crippen molar-refractivity contribution in [1.29, 1.82) is 0 Å². The lowest BCUT2D eigenvalue weighted by Crippen LogP contribution is -2.43. The predicted octanol–water partition coefficient (Wildman–Crippen LogP) is 6.18. The summed E-state index contributed by atoms with van der Waals surface area (Å²) in [5.74, 6) is 1.62. The number of hydrogen-bond acceptors (Lipinski definition) is 2. The Hall–Kier alpha value is -0.660. The van der Waals surface area contributed by atoms with Crippen molar-refractivity contribution >= 4 is 11.6 Å². The molecule has 0 saturated carbocycles. The van der Waals surface area contributed by atoms with Crippen molar-refractivity contribution in [3.8, 4) is 0 Å². The zero-order valence-corrected chi connectivity index (χ0v) is 18.0. The number of carbonyl (C=O) groups excluding carboxylic acids is 2. The maximum Gasteiger partial charge on any atom is 0.144 e. The van der Waals surface area contributed by atoms with Crippen molar-refractivity contribution < 1.29 is 9.59 Å². The monoisotopic (exact) mass is 326 g/mol. The van der Waals surface area contributed by atoms with Gasteiger partial charge in [0.1, 0.15) is 11.6 Å². The van der Waals surface area contributed by atoms with Gasteiger partial charge in [0.25, 0.3) is 0 Å². The molecule has 1 unspecified atom stereocenters. The standard InChI is InChI=1S/C12H24O.C9H18O/c1-10(2,3)9(13)12(7,8)11(4,5)6;1-6(2)8(5)9(10)7(3)4/h1-8H3;6-8H,1-5H3. The van der Waals surface area contributed by atoms with E-state index in [4.69, 9.17) is 0 Å². The third-order valence-electron chi connectivity index (χ3n) is 5.14. The van der Waals surface area contributed by atoms with E-state index >= 15 is 0 Å². The van der Waals surface area contributed by atoms with Crippen molar-refractivity contribution in [3.63, 3.8) is 0 Å². The number of hydrogen-bond donors (Lipinski definition) is 0. The number of Topliss-reactive ketones (excluding diaryl/α,β-unsaturated/α-hetero) is 2. The number of rotatable bonds is 4. The topological polar surface area (TPSA) is 34.1 Å². The molecule has 0 aliphatic heterocycles. The van der Waals surface area contributed by atoms with Gasteiger partial charge in [-0.15, -0.1) is 0 Å². The van der Waals surface area contributed by atoms with Gasteiger partial charge in [-0.3, -0.25) is 9.59 Å². The van der Waals surface area contributed by atoms with Crippen LogP contribution in [0.15, 0.2) is 0 Å². The Kier molecular flexibility index (Phi) is 9.03. The second-order valence-corrected chi connectivity index (χ2v) is 10.0. The van der Waals surface area contributed by atoms with Crippen LogP contribution in [-0.4, -0.2) is 11.6 Å². The Morgan fingerprint density at radius 2 is 1.04 bits per heavy atom. The van der Waals surface area contributed by atoms with Gasteiger partial charge in [0, 0.05) is 22.7 Å². The van der Waals surface area contributed by atoms with Gasteiger partial charge in [0.2, 0.25) is 0 Å². The van der Waals surface area contributed by atoms with Crippen molar-refractivity contribution in [2.75, 3.05) is 0 Å². The van der Waals surface area contributed by atoms with E-state index in [0.29, 0.717) is 17.5 Å². The molecule has 0 heterocycles. The van der Waals surface area contributed by atoms with E-state index in [1.807, 2.05) is 55.4 Å². The minimum absolute atomic E-state index is 0.0252. The molecule has 0 radical (unpaired) electrons. The molecule has 0 aromatic rings. The molecule has 0 aliphatic rings. The molecule has 138 valence electrons. The molecule has 0 aliphatic carbocycles. The smallest absolute Gasteiger partial charge is 0.144 e. The quantitative estimate of drug-likeness (QED) is 0.618. The first-order chi connectivity index (χ1) is 9.87. The van der Waals surface area contributed by atoms with Gasteiger partial charge in [0.05, 0.1) is 0 Å². The van der Waals surface area contributed by atoms with Crippen LogP contribution in [0.2, 0.25) is 0 Å². The Balaban J connectivity index is 0. The lowest BCUT2D eigenvalue weighted by molar-refractivity contribution is -0.140. The van der Waals surface area contributed by atoms with E-state index in [1.54, 1.807) is 0 Å². The minimum atomic E-state index is -0.259. The normalized spacial score (nSPS) is 14.4. The highest BCUT2D eigenvalue weighted by atomic mass is 16.1. The maximum absolute atomic E-state index is 12.1. The first-order valence-corrected chi connectivity index (χ1v) is 8.96. The highest BCUT2D eigenvalue weighted by Gasteiger charge is 2.43. The van der Waals surface area contributed by atoms with Crippen molar-refractivity contribution in [2.45, 2.75) is 90.0 Å². The average Bonchev–Trinajstić information content (AvgIpc) is 2.33. The molecule has 1 atom stereocenters. The lowest BCUT2D eigenvalue weighted by atomic mass is 9.61. The molecule has 0 spiro atoms. The summed E-state index contributed by atoms with van der Waals surface area (Å²) in [7, 11) is 0. The Labute approximate surface area is 145 Å². The SMILES string of the molecule is CC(C)(C)C(=O)C(C)(C)C(C)(C)C.CC(C)C(=O)C(C)C(C)C. The molecule has 0 aromatic heterocycles. The van der Waals surface area contributed by atoms with Crippen LogP contribution in [-0.2, 0) is 9.59 Å². The molecule has 2 heteroatoms. The molecule has 0 saturated heterocycles. The van der Waals surface area contributed by atoms with Gasteiger partial charge in [-0.1, -0.05) is 90.0 Å². The van der Waals surface area contributed by atoms with E-state index in [9.17, 15) is 9.59 Å². The van der Waals surface area contributed by atoms with Gasteiger partial charge in [-0.25, -0.2) is 0 Å². The maximum atomic E-state index is 12.1. The van der Waals surface area contributed by atoms with Gasteiger partial charge < -0.3 is 0 Å². The summed E-state index contributed by atoms with van der Waals surface area (Å²) in [5.41, 5.74) is -0.473. The molecular weight excluding hydrogens is 284 g/mol. The van der Waals surface area contributed by atoms with E-state index in [1.165, 1.54) is 0 Å². The summed E-state index contributed by atoms with van der Waals surface area (Å²) < 4.78 is 0. The van der Waals surface area contributed by atoms with E-state index in [0.717, 1.165) is 0 Å². The van der Waals surface area contributed by atoms with Crippen LogP contribution in [0.4, 0.5) is 0 Å². The third kappa shape index (κ3) is 7.63. The van der Waals surface area contributed by atoms with Crippen LogP contribution < -0.4 is 0 Å². The van der Waals surface area contributed by atoms with E-state index < -0.39 is 0 Å². The molecule has 0 aromatic carbocycles. The summed E-state index contributed by atoms with van der Waals surface area (Å²) in [6.07, 6.45) is 0. The fraction of sp³-hybridized carbons (Fsp3) is 0.905. The third-order valence-corrected chi connectivity index (χ3v) is 5.14. The molecule has 0 rings (SSSR count). The zero-order valence-electron chi connectivity index (χ0n) is 18.0. The van der Waals surface area contributed by atoms with Crippen LogP contribution in [0.25, 0.3) is 0 Å². The van der Waals surface area contributed by atoms with Crippen LogP contribution in [0.1, 0.15) is 90.0 Å². The van der Waals surface area contributed by atoms with Crippen LogP contribution in [0.3, 0.4) is 0 Å². The van der Waals surface area contributed by atoms with Gasteiger partial charge >= 0.3 is 0 Å². The summed E-state index contributed by atoms with van der Waals surface area (Å²) in [4.78, 5) is 23.4. The summed E-state index contributed by atoms with van der Waals surface area (Å²) in [5, 5.41) is 0. The van der Waals surface area contributed by atoms with Crippen LogP contribution in [0, 0.1) is 34.0 Å². The molecular formula is C21H42O2. The first kappa shape index (κ1) is 24.6. The van der Waals surface area contributed by atoms with Crippen molar-refractivity contribution in [3.05, 3.63) is 0 Å². The van der Waals surface area contributed by atoms with Gasteiger partial charge in [-0.2, -0.15) is 0 Å². The van der Waals surface area contributed by atoms with Crippen molar-refractivity contribution in [1.82, 2.24) is 0 Å². The Bertz CT molecular complexity index is 387. The van der Waals surface area contributed by atoms with Gasteiger partial charge in [0.15, 0.2) is 0 Å². The highest BCUT2D eigenvalue weighted by molar-refractivity contribution is 5.89. The summed E-state index contributed by atoms with van der Waals surface area (Å²) in [6, 6.07) is 0. The fourth-order valence-electron chi connectivity index (χ4n) is 2.13. The summed E-state index contributed by atoms with van der Waals surface area (Å²) >= 11 is 0. The van der Waals surface area contributed by atoms with Crippen molar-refractivity contribution in [2.24, 2.45) is 34.0 Å². The van der Waals surface area contributed by atoms with Gasteiger partial charge in [-0.05, 0) is 11.3 Å². The Morgan fingerprint density at radius 1 is 0.696 bits per heavy atom. The zero-order chi connectivity index (χ0) is 19.4. The molecule has 0 N–H and O–H groups in total. The number of carbonyl (C=O) groups is 2. The molecule has 0 amide bonds. The molecule has 2 nitrogen and oxygen atoms in total. The molecule has 0 bridgehead atoms. The lowest BCUT2D eigenvalue weighted by Gasteiger charge is -2.41. The molecule has 0 fully saturated rings. The van der Waals surface area contributed by atoms with E-state index in [2.05, 4.69) is 34.6 Å². The fourth-order valence-corrected chi connectivity index (χ4v) is 2.13. The number of ketones is 2. The largest absolute Gasteiger partial charge is 0.299 e. The highest BCUT2D eigenvalue weighted by Crippen LogP contribution is 2.43. The second-order valence-electron chi connectivity index (χ2n) is 10.0. The average molecular weight is 327 g/mol. The van der Waals surface area contributed by atoms with Crippen LogP contribution >= 0.6 is 0 Å². The Morgan fingerprint density at radius 3 is 1.13 bits per heavy atom. The first-order valence-electron chi connectivity index (χ1n) is 8.96. The predicted molar refractivity (Wildman–Crippen MR) is 102 cm³/mol. The second kappa shape index (κ2) is 8.44. The van der Waals surface area contributed by atoms with E-state index in [-0.39, 0.29) is 28.1 Å².